The van der Waals surface area contributed by atoms with Gasteiger partial charge in [0.15, 0.2) is 6.61 Å². The smallest absolute Gasteiger partial charge is 0.325 e. The number of likely N-dealkylation sites (tertiary alicyclic amines) is 1. The summed E-state index contributed by atoms with van der Waals surface area (Å²) in [5.41, 5.74) is 0.469. The van der Waals surface area contributed by atoms with Gasteiger partial charge < -0.3 is 19.7 Å². The maximum absolute atomic E-state index is 12.0. The van der Waals surface area contributed by atoms with Crippen LogP contribution >= 0.6 is 0 Å². The molecule has 1 saturated heterocycles. The summed E-state index contributed by atoms with van der Waals surface area (Å²) in [6.07, 6.45) is 0.0661. The molecule has 146 valence electrons. The van der Waals surface area contributed by atoms with Crippen LogP contribution in [0.5, 0.6) is 5.75 Å². The Kier molecular flexibility index (Phi) is 6.75. The number of hydrogen-bond acceptors (Lipinski definition) is 6. The Balaban J connectivity index is 1.74. The van der Waals surface area contributed by atoms with Gasteiger partial charge in [-0.3, -0.25) is 19.7 Å². The van der Waals surface area contributed by atoms with E-state index >= 15 is 0 Å². The minimum atomic E-state index is -0.764. The molecule has 0 saturated carbocycles. The average Bonchev–Trinajstić information content (AvgIpc) is 3.02. The minimum absolute atomic E-state index is 0.000231. The first-order valence-corrected chi connectivity index (χ1v) is 8.51. The third-order valence-electron chi connectivity index (χ3n) is 4.06. The van der Waals surface area contributed by atoms with E-state index in [-0.39, 0.29) is 24.9 Å². The van der Waals surface area contributed by atoms with E-state index in [0.29, 0.717) is 11.4 Å². The molecule has 0 aromatic heterocycles. The zero-order valence-electron chi connectivity index (χ0n) is 15.5. The van der Waals surface area contributed by atoms with Gasteiger partial charge in [-0.25, -0.2) is 4.79 Å². The highest BCUT2D eigenvalue weighted by Gasteiger charge is 2.36. The quantitative estimate of drug-likeness (QED) is 0.719. The number of nitrogens with one attached hydrogen (secondary N) is 2. The molecule has 1 fully saturated rings. The van der Waals surface area contributed by atoms with Crippen LogP contribution in [0.1, 0.15) is 20.3 Å². The van der Waals surface area contributed by atoms with Crippen LogP contribution in [0.15, 0.2) is 24.3 Å². The average molecular weight is 377 g/mol. The normalized spacial score (nSPS) is 16.2. The van der Waals surface area contributed by atoms with Crippen LogP contribution in [0.2, 0.25) is 0 Å². The van der Waals surface area contributed by atoms with Crippen molar-refractivity contribution < 1.29 is 28.7 Å². The van der Waals surface area contributed by atoms with Gasteiger partial charge in [0.2, 0.25) is 5.91 Å². The van der Waals surface area contributed by atoms with Gasteiger partial charge in [0.1, 0.15) is 5.75 Å². The van der Waals surface area contributed by atoms with Crippen molar-refractivity contribution >= 4 is 29.5 Å². The van der Waals surface area contributed by atoms with Crippen molar-refractivity contribution in [3.05, 3.63) is 24.3 Å². The molecule has 9 heteroatoms. The molecule has 27 heavy (non-hydrogen) atoms. The highest BCUT2D eigenvalue weighted by atomic mass is 16.5. The summed E-state index contributed by atoms with van der Waals surface area (Å²) >= 11 is 0. The van der Waals surface area contributed by atoms with Crippen LogP contribution in [0.3, 0.4) is 0 Å². The van der Waals surface area contributed by atoms with Gasteiger partial charge in [-0.1, -0.05) is 0 Å². The molecule has 0 radical (unpaired) electrons. The number of anilines is 1. The summed E-state index contributed by atoms with van der Waals surface area (Å²) < 4.78 is 9.93. The zero-order valence-corrected chi connectivity index (χ0v) is 15.5. The largest absolute Gasteiger partial charge is 0.497 e. The molecule has 1 atom stereocenters. The summed E-state index contributed by atoms with van der Waals surface area (Å²) in [5, 5.41) is 4.54. The molecule has 2 N–H and O–H groups in total. The van der Waals surface area contributed by atoms with Crippen molar-refractivity contribution in [3.8, 4) is 5.75 Å². The molecule has 1 heterocycles. The SMILES string of the molecule is COc1ccc(NC(=O)NC(=O)COC(=O)C2CC(=O)N(C(C)C)C2)cc1. The number of urea groups is 1. The molecule has 0 aliphatic carbocycles. The number of amides is 4. The lowest BCUT2D eigenvalue weighted by Gasteiger charge is -2.20. The fourth-order valence-corrected chi connectivity index (χ4v) is 2.64. The molecule has 0 bridgehead atoms. The first-order valence-electron chi connectivity index (χ1n) is 8.51. The van der Waals surface area contributed by atoms with Crippen molar-refractivity contribution in [2.45, 2.75) is 26.3 Å². The van der Waals surface area contributed by atoms with E-state index < -0.39 is 30.4 Å². The summed E-state index contributed by atoms with van der Waals surface area (Å²) in [7, 11) is 1.52. The summed E-state index contributed by atoms with van der Waals surface area (Å²) in [5.74, 6) is -1.47. The van der Waals surface area contributed by atoms with Gasteiger partial charge in [0.25, 0.3) is 5.91 Å². The van der Waals surface area contributed by atoms with Gasteiger partial charge in [0.05, 0.1) is 13.0 Å². The van der Waals surface area contributed by atoms with E-state index in [1.165, 1.54) is 7.11 Å². The van der Waals surface area contributed by atoms with E-state index in [0.717, 1.165) is 0 Å². The number of carbonyl (C=O) groups is 4. The molecule has 2 rings (SSSR count). The molecule has 1 unspecified atom stereocenters. The lowest BCUT2D eigenvalue weighted by molar-refractivity contribution is -0.152. The lowest BCUT2D eigenvalue weighted by Crippen LogP contribution is -2.38. The Hall–Kier alpha value is -3.10. The van der Waals surface area contributed by atoms with E-state index in [4.69, 9.17) is 9.47 Å². The predicted octanol–water partition coefficient (Wildman–Crippen LogP) is 1.14. The number of nitrogens with zero attached hydrogens (tertiary/aromatic N) is 1. The summed E-state index contributed by atoms with van der Waals surface area (Å²) in [6.45, 7) is 3.40. The molecule has 4 amide bonds. The van der Waals surface area contributed by atoms with E-state index in [2.05, 4.69) is 10.6 Å². The highest BCUT2D eigenvalue weighted by molar-refractivity contribution is 6.02. The first kappa shape index (κ1) is 20.2. The number of esters is 1. The van der Waals surface area contributed by atoms with E-state index in [9.17, 15) is 19.2 Å². The lowest BCUT2D eigenvalue weighted by atomic mass is 10.1. The van der Waals surface area contributed by atoms with Crippen molar-refractivity contribution in [2.24, 2.45) is 5.92 Å². The molecule has 1 aromatic carbocycles. The maximum atomic E-state index is 12.0. The van der Waals surface area contributed by atoms with Crippen LogP contribution in [0, 0.1) is 5.92 Å². The van der Waals surface area contributed by atoms with Crippen LogP contribution in [-0.4, -0.2) is 55.0 Å². The van der Waals surface area contributed by atoms with Crippen LogP contribution in [-0.2, 0) is 19.1 Å². The molecular weight excluding hydrogens is 354 g/mol. The van der Waals surface area contributed by atoms with Crippen molar-refractivity contribution in [1.29, 1.82) is 0 Å². The zero-order chi connectivity index (χ0) is 20.0. The number of methoxy groups -OCH3 is 1. The fraction of sp³-hybridized carbons (Fsp3) is 0.444. The standard InChI is InChI=1S/C18H23N3O6/c1-11(2)21-9-12(8-16(21)23)17(24)27-10-15(22)20-18(25)19-13-4-6-14(26-3)7-5-13/h4-7,11-12H,8-10H2,1-3H3,(H2,19,20,22,25). The molecule has 1 aromatic rings. The van der Waals surface area contributed by atoms with Crippen LogP contribution < -0.4 is 15.4 Å². The molecule has 9 nitrogen and oxygen atoms in total. The Labute approximate surface area is 157 Å². The van der Waals surface area contributed by atoms with Gasteiger partial charge in [-0.2, -0.15) is 0 Å². The van der Waals surface area contributed by atoms with Crippen molar-refractivity contribution in [3.63, 3.8) is 0 Å². The Morgan fingerprint density at radius 3 is 2.44 bits per heavy atom. The fourth-order valence-electron chi connectivity index (χ4n) is 2.64. The third-order valence-corrected chi connectivity index (χ3v) is 4.06. The van der Waals surface area contributed by atoms with E-state index in [1.54, 1.807) is 29.2 Å². The number of benzene rings is 1. The summed E-state index contributed by atoms with van der Waals surface area (Å²) in [4.78, 5) is 48.9. The van der Waals surface area contributed by atoms with Gasteiger partial charge in [-0.05, 0) is 38.1 Å². The van der Waals surface area contributed by atoms with Gasteiger partial charge >= 0.3 is 12.0 Å². The van der Waals surface area contributed by atoms with Crippen LogP contribution in [0.4, 0.5) is 10.5 Å². The second-order valence-electron chi connectivity index (χ2n) is 6.38. The highest BCUT2D eigenvalue weighted by Crippen LogP contribution is 2.21. The second-order valence-corrected chi connectivity index (χ2v) is 6.38. The van der Waals surface area contributed by atoms with Crippen molar-refractivity contribution in [1.82, 2.24) is 10.2 Å². The molecular formula is C18H23N3O6. The minimum Gasteiger partial charge on any atom is -0.497 e. The van der Waals surface area contributed by atoms with E-state index in [1.807, 2.05) is 13.8 Å². The number of hydrogen-bond donors (Lipinski definition) is 2. The molecule has 1 aliphatic heterocycles. The maximum Gasteiger partial charge on any atom is 0.325 e. The monoisotopic (exact) mass is 377 g/mol. The summed E-state index contributed by atoms with van der Waals surface area (Å²) in [6, 6.07) is 5.79. The first-order chi connectivity index (χ1) is 12.8. The van der Waals surface area contributed by atoms with Gasteiger partial charge in [-0.15, -0.1) is 0 Å². The Morgan fingerprint density at radius 1 is 1.22 bits per heavy atom. The van der Waals surface area contributed by atoms with Crippen LogP contribution in [0.25, 0.3) is 0 Å². The number of ether oxygens (including phenoxy) is 2. The third kappa shape index (κ3) is 5.70. The molecule has 1 aliphatic rings. The Morgan fingerprint density at radius 2 is 1.89 bits per heavy atom. The number of imide groups is 1. The second kappa shape index (κ2) is 9.02. The van der Waals surface area contributed by atoms with Gasteiger partial charge in [0, 0.05) is 24.7 Å². The predicted molar refractivity (Wildman–Crippen MR) is 96.1 cm³/mol. The molecule has 0 spiro atoms. The number of carbonyl (C=O) groups excluding carboxylic acids is 4. The van der Waals surface area contributed by atoms with Crippen molar-refractivity contribution in [2.75, 3.05) is 25.6 Å². The number of rotatable bonds is 6. The Bertz CT molecular complexity index is 716. The topological polar surface area (TPSA) is 114 Å².